The summed E-state index contributed by atoms with van der Waals surface area (Å²) in [4.78, 5) is 14.7. The predicted molar refractivity (Wildman–Crippen MR) is 97.8 cm³/mol. The van der Waals surface area contributed by atoms with E-state index in [2.05, 4.69) is 5.32 Å². The molecule has 2 atom stereocenters. The summed E-state index contributed by atoms with van der Waals surface area (Å²) < 4.78 is 0. The van der Waals surface area contributed by atoms with Crippen LogP contribution in [0.1, 0.15) is 30.7 Å². The second kappa shape index (κ2) is 8.06. The molecule has 1 saturated carbocycles. The molecule has 3 nitrogen and oxygen atoms in total. The molecule has 0 radical (unpaired) electrons. The van der Waals surface area contributed by atoms with E-state index in [1.54, 1.807) is 6.07 Å². The molecule has 1 aromatic carbocycles. The van der Waals surface area contributed by atoms with Crippen molar-refractivity contribution in [3.05, 3.63) is 33.8 Å². The van der Waals surface area contributed by atoms with E-state index < -0.39 is 0 Å². The number of piperidine rings is 1. The van der Waals surface area contributed by atoms with Crippen LogP contribution in [-0.2, 0) is 4.79 Å². The van der Waals surface area contributed by atoms with E-state index in [0.29, 0.717) is 21.9 Å². The number of rotatable bonds is 4. The van der Waals surface area contributed by atoms with Crippen LogP contribution in [0, 0.1) is 11.8 Å². The second-order valence-electron chi connectivity index (χ2n) is 6.44. The first-order valence-corrected chi connectivity index (χ1v) is 8.74. The van der Waals surface area contributed by atoms with Crippen molar-refractivity contribution in [1.82, 2.24) is 10.2 Å². The Morgan fingerprint density at radius 2 is 2.00 bits per heavy atom. The lowest BCUT2D eigenvalue weighted by molar-refractivity contribution is -0.134. The highest BCUT2D eigenvalue weighted by Gasteiger charge is 2.46. The Morgan fingerprint density at radius 3 is 2.61 bits per heavy atom. The van der Waals surface area contributed by atoms with E-state index in [0.717, 1.165) is 44.5 Å². The van der Waals surface area contributed by atoms with Crippen LogP contribution in [0.5, 0.6) is 0 Å². The first kappa shape index (κ1) is 18.9. The van der Waals surface area contributed by atoms with Crippen molar-refractivity contribution in [2.24, 2.45) is 11.8 Å². The molecule has 128 valence electrons. The lowest BCUT2D eigenvalue weighted by Gasteiger charge is -2.32. The molecule has 0 spiro atoms. The minimum Gasteiger partial charge on any atom is -0.342 e. The Labute approximate surface area is 154 Å². The quantitative estimate of drug-likeness (QED) is 0.861. The summed E-state index contributed by atoms with van der Waals surface area (Å²) in [5, 5.41) is 4.55. The number of hydrogen-bond donors (Lipinski definition) is 1. The summed E-state index contributed by atoms with van der Waals surface area (Å²) in [6.45, 7) is 2.83. The number of halogens is 3. The van der Waals surface area contributed by atoms with Crippen LogP contribution in [0.3, 0.4) is 0 Å². The number of hydrogen-bond acceptors (Lipinski definition) is 2. The molecule has 1 amide bonds. The van der Waals surface area contributed by atoms with Gasteiger partial charge in [-0.05, 0) is 62.4 Å². The number of amides is 1. The number of carbonyl (C=O) groups is 1. The number of nitrogens with zero attached hydrogens (tertiary/aromatic N) is 1. The third-order valence-corrected chi connectivity index (χ3v) is 5.45. The van der Waals surface area contributed by atoms with Gasteiger partial charge in [0.15, 0.2) is 0 Å². The van der Waals surface area contributed by atoms with Crippen molar-refractivity contribution in [1.29, 1.82) is 0 Å². The van der Waals surface area contributed by atoms with Gasteiger partial charge < -0.3 is 10.2 Å². The lowest BCUT2D eigenvalue weighted by atomic mass is 9.96. The van der Waals surface area contributed by atoms with E-state index in [1.807, 2.05) is 24.1 Å². The molecule has 0 aromatic heterocycles. The molecule has 2 aliphatic rings. The van der Waals surface area contributed by atoms with Gasteiger partial charge in [-0.3, -0.25) is 4.79 Å². The molecule has 1 N–H and O–H groups in total. The molecule has 1 aromatic rings. The van der Waals surface area contributed by atoms with Crippen LogP contribution in [0.2, 0.25) is 10.0 Å². The average Bonchev–Trinajstić information content (AvgIpc) is 3.28. The first-order valence-electron chi connectivity index (χ1n) is 7.98. The van der Waals surface area contributed by atoms with Crippen LogP contribution in [-0.4, -0.2) is 37.5 Å². The highest BCUT2D eigenvalue weighted by Crippen LogP contribution is 2.51. The van der Waals surface area contributed by atoms with Gasteiger partial charge in [-0.2, -0.15) is 0 Å². The van der Waals surface area contributed by atoms with Crippen molar-refractivity contribution in [3.63, 3.8) is 0 Å². The zero-order chi connectivity index (χ0) is 15.7. The number of nitrogens with one attached hydrogen (secondary N) is 1. The van der Waals surface area contributed by atoms with Crippen molar-refractivity contribution in [3.8, 4) is 0 Å². The molecular formula is C17H23Cl3N2O. The smallest absolute Gasteiger partial charge is 0.226 e. The van der Waals surface area contributed by atoms with Crippen molar-refractivity contribution in [2.75, 3.05) is 26.7 Å². The summed E-state index contributed by atoms with van der Waals surface area (Å²) in [7, 11) is 1.99. The van der Waals surface area contributed by atoms with Crippen LogP contribution in [0.15, 0.2) is 18.2 Å². The Morgan fingerprint density at radius 1 is 1.30 bits per heavy atom. The Balaban J connectivity index is 0.00000192. The predicted octanol–water partition coefficient (Wildman–Crippen LogP) is 3.98. The number of benzene rings is 1. The summed E-state index contributed by atoms with van der Waals surface area (Å²) in [6, 6.07) is 5.58. The fourth-order valence-electron chi connectivity index (χ4n) is 3.49. The van der Waals surface area contributed by atoms with Gasteiger partial charge >= 0.3 is 0 Å². The Kier molecular flexibility index (Phi) is 6.61. The molecule has 1 heterocycles. The van der Waals surface area contributed by atoms with Crippen LogP contribution in [0.25, 0.3) is 0 Å². The maximum Gasteiger partial charge on any atom is 0.226 e. The maximum absolute atomic E-state index is 12.6. The fourth-order valence-corrected chi connectivity index (χ4v) is 4.04. The molecular weight excluding hydrogens is 355 g/mol. The van der Waals surface area contributed by atoms with Gasteiger partial charge in [0.25, 0.3) is 0 Å². The third kappa shape index (κ3) is 4.33. The van der Waals surface area contributed by atoms with Gasteiger partial charge in [0.05, 0.1) is 0 Å². The Bertz CT molecular complexity index is 559. The number of carbonyl (C=O) groups excluding carboxylic acids is 1. The fraction of sp³-hybridized carbons (Fsp3) is 0.588. The highest BCUT2D eigenvalue weighted by atomic mass is 35.5. The van der Waals surface area contributed by atoms with Gasteiger partial charge in [-0.15, -0.1) is 12.4 Å². The topological polar surface area (TPSA) is 32.3 Å². The molecule has 3 rings (SSSR count). The minimum atomic E-state index is 0. The largest absolute Gasteiger partial charge is 0.342 e. The van der Waals surface area contributed by atoms with Gasteiger partial charge in [-0.1, -0.05) is 29.3 Å². The molecule has 1 aliphatic heterocycles. The first-order chi connectivity index (χ1) is 10.6. The zero-order valence-corrected chi connectivity index (χ0v) is 15.6. The van der Waals surface area contributed by atoms with E-state index in [9.17, 15) is 4.79 Å². The van der Waals surface area contributed by atoms with Crippen molar-refractivity contribution < 1.29 is 4.79 Å². The monoisotopic (exact) mass is 376 g/mol. The van der Waals surface area contributed by atoms with E-state index in [4.69, 9.17) is 23.2 Å². The maximum atomic E-state index is 12.6. The van der Waals surface area contributed by atoms with E-state index in [1.165, 1.54) is 0 Å². The van der Waals surface area contributed by atoms with Crippen LogP contribution < -0.4 is 5.32 Å². The molecule has 1 saturated heterocycles. The van der Waals surface area contributed by atoms with Crippen LogP contribution in [0.4, 0.5) is 0 Å². The average molecular weight is 378 g/mol. The second-order valence-corrected chi connectivity index (χ2v) is 7.28. The molecule has 23 heavy (non-hydrogen) atoms. The van der Waals surface area contributed by atoms with Gasteiger partial charge in [-0.25, -0.2) is 0 Å². The van der Waals surface area contributed by atoms with Crippen molar-refractivity contribution >= 4 is 41.5 Å². The molecule has 2 fully saturated rings. The highest BCUT2D eigenvalue weighted by molar-refractivity contribution is 6.35. The van der Waals surface area contributed by atoms with Gasteiger partial charge in [0, 0.05) is 29.1 Å². The van der Waals surface area contributed by atoms with Gasteiger partial charge in [0.1, 0.15) is 0 Å². The number of likely N-dealkylation sites (tertiary alicyclic amines) is 1. The van der Waals surface area contributed by atoms with Crippen molar-refractivity contribution in [2.45, 2.75) is 25.2 Å². The van der Waals surface area contributed by atoms with E-state index in [-0.39, 0.29) is 24.2 Å². The molecule has 2 unspecified atom stereocenters. The van der Waals surface area contributed by atoms with Crippen LogP contribution >= 0.6 is 35.6 Å². The summed E-state index contributed by atoms with van der Waals surface area (Å²) in [6.07, 6.45) is 3.12. The third-order valence-electron chi connectivity index (χ3n) is 4.89. The van der Waals surface area contributed by atoms with E-state index >= 15 is 0 Å². The standard InChI is InChI=1S/C17H22Cl2N2O.ClH/c1-20-10-11-4-6-21(7-5-11)17(22)15-9-14(15)13-3-2-12(18)8-16(13)19;/h2-3,8,11,14-15,20H,4-7,9-10H2,1H3;1H. The molecule has 0 bridgehead atoms. The summed E-state index contributed by atoms with van der Waals surface area (Å²) in [5.74, 6) is 1.39. The minimum absolute atomic E-state index is 0. The lowest BCUT2D eigenvalue weighted by Crippen LogP contribution is -2.41. The summed E-state index contributed by atoms with van der Waals surface area (Å²) >= 11 is 12.2. The molecule has 1 aliphatic carbocycles. The zero-order valence-electron chi connectivity index (χ0n) is 13.2. The molecule has 6 heteroatoms. The van der Waals surface area contributed by atoms with Gasteiger partial charge in [0.2, 0.25) is 5.91 Å². The summed E-state index contributed by atoms with van der Waals surface area (Å²) in [5.41, 5.74) is 1.06. The Hall–Kier alpha value is -0.480. The normalized spacial score (nSPS) is 24.2. The SMILES string of the molecule is CNCC1CCN(C(=O)C2CC2c2ccc(Cl)cc2Cl)CC1.Cl.